The number of β-amino-alcohol motifs (C(OH)–C–C–N with tert-alkyl or cyclic N) is 1. The molecule has 0 bridgehead atoms. The molecule has 1 aliphatic heterocycles. The second-order valence-corrected chi connectivity index (χ2v) is 7.13. The molecule has 2 aromatic rings. The fraction of sp³-hybridized carbons (Fsp3) is 0.643. The van der Waals surface area contributed by atoms with Crippen molar-refractivity contribution in [2.75, 3.05) is 18.0 Å². The van der Waals surface area contributed by atoms with Crippen LogP contribution in [-0.4, -0.2) is 39.2 Å². The molecule has 1 saturated heterocycles. The van der Waals surface area contributed by atoms with Crippen molar-refractivity contribution in [1.29, 1.82) is 0 Å². The van der Waals surface area contributed by atoms with E-state index in [-0.39, 0.29) is 0 Å². The third-order valence-corrected chi connectivity index (χ3v) is 4.98. The second kappa shape index (κ2) is 4.44. The fourth-order valence-electron chi connectivity index (χ4n) is 2.89. The maximum Gasteiger partial charge on any atom is 0.195 e. The minimum Gasteiger partial charge on any atom is -0.388 e. The van der Waals surface area contributed by atoms with Crippen LogP contribution in [0.3, 0.4) is 0 Å². The number of rotatable bonds is 4. The van der Waals surface area contributed by atoms with Crippen molar-refractivity contribution in [3.63, 3.8) is 0 Å². The van der Waals surface area contributed by atoms with E-state index in [4.69, 9.17) is 4.98 Å². The summed E-state index contributed by atoms with van der Waals surface area (Å²) >= 11 is 1.67. The quantitative estimate of drug-likeness (QED) is 0.899. The molecule has 20 heavy (non-hydrogen) atoms. The predicted octanol–water partition coefficient (Wildman–Crippen LogP) is 1.61. The zero-order valence-corrected chi connectivity index (χ0v) is 12.5. The number of nitrogens with zero attached hydrogens (tertiary/aromatic N) is 3. The number of aliphatic hydroxyl groups is 1. The first kappa shape index (κ1) is 12.6. The lowest BCUT2D eigenvalue weighted by molar-refractivity contribution is 0.0839. The van der Waals surface area contributed by atoms with Crippen molar-refractivity contribution >= 4 is 22.1 Å². The summed E-state index contributed by atoms with van der Waals surface area (Å²) in [6.45, 7) is 4.33. The van der Waals surface area contributed by atoms with Crippen LogP contribution in [0.2, 0.25) is 0 Å². The summed E-state index contributed by atoms with van der Waals surface area (Å²) in [7, 11) is 0. The van der Waals surface area contributed by atoms with Gasteiger partial charge in [-0.1, -0.05) is 0 Å². The first-order chi connectivity index (χ1) is 9.62. The van der Waals surface area contributed by atoms with E-state index in [1.807, 2.05) is 6.92 Å². The molecule has 0 amide bonds. The highest BCUT2D eigenvalue weighted by Gasteiger charge is 2.34. The lowest BCUT2D eigenvalue weighted by Crippen LogP contribution is -2.30. The molecule has 2 N–H and O–H groups in total. The molecule has 6 heteroatoms. The zero-order chi connectivity index (χ0) is 13.7. The van der Waals surface area contributed by atoms with Gasteiger partial charge in [0.1, 0.15) is 0 Å². The summed E-state index contributed by atoms with van der Waals surface area (Å²) in [5.41, 5.74) is 0.643. The molecule has 2 aromatic heterocycles. The standard InChI is InChI=1S/C14H20N4OS/c1-14(19)4-5-17(9-14)12-11(8-15-10-2-3-10)18-6-7-20-13(18)16-12/h6-7,10,15,19H,2-5,8-9H2,1H3. The summed E-state index contributed by atoms with van der Waals surface area (Å²) in [4.78, 5) is 8.04. The minimum absolute atomic E-state index is 0.585. The molecule has 2 fully saturated rings. The van der Waals surface area contributed by atoms with E-state index in [9.17, 15) is 5.11 Å². The van der Waals surface area contributed by atoms with Gasteiger partial charge >= 0.3 is 0 Å². The van der Waals surface area contributed by atoms with Crippen LogP contribution in [0.5, 0.6) is 0 Å². The highest BCUT2D eigenvalue weighted by atomic mass is 32.1. The molecule has 0 aromatic carbocycles. The summed E-state index contributed by atoms with van der Waals surface area (Å²) in [6.07, 6.45) is 5.49. The van der Waals surface area contributed by atoms with Gasteiger partial charge < -0.3 is 15.3 Å². The minimum atomic E-state index is -0.585. The Morgan fingerprint density at radius 3 is 3.10 bits per heavy atom. The van der Waals surface area contributed by atoms with Crippen LogP contribution < -0.4 is 10.2 Å². The Bertz CT molecular complexity index is 628. The number of aromatic nitrogens is 2. The van der Waals surface area contributed by atoms with Crippen LogP contribution in [0.25, 0.3) is 4.96 Å². The predicted molar refractivity (Wildman–Crippen MR) is 80.4 cm³/mol. The van der Waals surface area contributed by atoms with Crippen molar-refractivity contribution in [3.05, 3.63) is 17.3 Å². The molecule has 108 valence electrons. The average Bonchev–Trinajstić information content (AvgIpc) is 2.83. The van der Waals surface area contributed by atoms with Gasteiger partial charge in [0.25, 0.3) is 0 Å². The third kappa shape index (κ3) is 2.21. The topological polar surface area (TPSA) is 52.8 Å². The molecule has 1 aliphatic carbocycles. The first-order valence-corrected chi connectivity index (χ1v) is 8.15. The highest BCUT2D eigenvalue weighted by molar-refractivity contribution is 7.15. The number of hydrogen-bond donors (Lipinski definition) is 2. The molecule has 1 atom stereocenters. The molecular weight excluding hydrogens is 272 g/mol. The lowest BCUT2D eigenvalue weighted by Gasteiger charge is -2.20. The molecule has 2 aliphatic rings. The largest absolute Gasteiger partial charge is 0.388 e. The Kier molecular flexibility index (Phi) is 2.80. The number of anilines is 1. The van der Waals surface area contributed by atoms with Crippen LogP contribution in [-0.2, 0) is 6.54 Å². The van der Waals surface area contributed by atoms with Gasteiger partial charge in [0.05, 0.1) is 11.3 Å². The smallest absolute Gasteiger partial charge is 0.195 e. The van der Waals surface area contributed by atoms with Crippen LogP contribution in [0.15, 0.2) is 11.6 Å². The molecule has 4 rings (SSSR count). The molecule has 0 radical (unpaired) electrons. The maximum atomic E-state index is 10.2. The van der Waals surface area contributed by atoms with Gasteiger partial charge in [-0.05, 0) is 26.2 Å². The van der Waals surface area contributed by atoms with Crippen molar-refractivity contribution < 1.29 is 5.11 Å². The number of thiazole rings is 1. The number of fused-ring (bicyclic) bond motifs is 1. The van der Waals surface area contributed by atoms with Gasteiger partial charge in [0.15, 0.2) is 10.8 Å². The Balaban J connectivity index is 1.66. The van der Waals surface area contributed by atoms with E-state index in [1.54, 1.807) is 11.3 Å². The van der Waals surface area contributed by atoms with E-state index >= 15 is 0 Å². The first-order valence-electron chi connectivity index (χ1n) is 7.27. The summed E-state index contributed by atoms with van der Waals surface area (Å²) in [6, 6.07) is 0.689. The lowest BCUT2D eigenvalue weighted by atomic mass is 10.1. The summed E-state index contributed by atoms with van der Waals surface area (Å²) < 4.78 is 2.18. The van der Waals surface area contributed by atoms with Gasteiger partial charge in [-0.2, -0.15) is 0 Å². The fourth-order valence-corrected chi connectivity index (χ4v) is 3.62. The van der Waals surface area contributed by atoms with E-state index in [0.29, 0.717) is 12.6 Å². The van der Waals surface area contributed by atoms with Crippen LogP contribution in [0, 0.1) is 0 Å². The zero-order valence-electron chi connectivity index (χ0n) is 11.7. The normalized spacial score (nSPS) is 26.8. The Morgan fingerprint density at radius 2 is 2.40 bits per heavy atom. The van der Waals surface area contributed by atoms with Crippen molar-refractivity contribution in [2.24, 2.45) is 0 Å². The Hall–Kier alpha value is -1.11. The van der Waals surface area contributed by atoms with Gasteiger partial charge in [-0.3, -0.25) is 4.40 Å². The van der Waals surface area contributed by atoms with Gasteiger partial charge in [-0.25, -0.2) is 4.98 Å². The summed E-state index contributed by atoms with van der Waals surface area (Å²) in [5.74, 6) is 1.04. The van der Waals surface area contributed by atoms with E-state index < -0.39 is 5.60 Å². The number of hydrogen-bond acceptors (Lipinski definition) is 5. The SMILES string of the molecule is CC1(O)CCN(c2nc3sccn3c2CNC2CC2)C1. The number of nitrogens with one attached hydrogen (secondary N) is 1. The van der Waals surface area contributed by atoms with Gasteiger partial charge in [0.2, 0.25) is 0 Å². The van der Waals surface area contributed by atoms with Gasteiger partial charge in [-0.15, -0.1) is 11.3 Å². The molecule has 1 saturated carbocycles. The molecule has 5 nitrogen and oxygen atoms in total. The number of imidazole rings is 1. The monoisotopic (exact) mass is 292 g/mol. The van der Waals surface area contributed by atoms with E-state index in [1.165, 1.54) is 18.5 Å². The van der Waals surface area contributed by atoms with Gasteiger partial charge in [0, 0.05) is 37.3 Å². The highest BCUT2D eigenvalue weighted by Crippen LogP contribution is 2.31. The van der Waals surface area contributed by atoms with Crippen molar-refractivity contribution in [1.82, 2.24) is 14.7 Å². The van der Waals surface area contributed by atoms with Crippen molar-refractivity contribution in [3.8, 4) is 0 Å². The van der Waals surface area contributed by atoms with E-state index in [0.717, 1.165) is 30.3 Å². The average molecular weight is 292 g/mol. The van der Waals surface area contributed by atoms with Crippen LogP contribution >= 0.6 is 11.3 Å². The molecular formula is C14H20N4OS. The molecule has 3 heterocycles. The molecule has 0 spiro atoms. The Morgan fingerprint density at radius 1 is 1.55 bits per heavy atom. The summed E-state index contributed by atoms with van der Waals surface area (Å²) in [5, 5.41) is 15.8. The van der Waals surface area contributed by atoms with E-state index in [2.05, 4.69) is 26.2 Å². The van der Waals surface area contributed by atoms with Crippen molar-refractivity contribution in [2.45, 2.75) is 44.4 Å². The Labute approximate surface area is 122 Å². The maximum absolute atomic E-state index is 10.2. The molecule has 1 unspecified atom stereocenters. The van der Waals surface area contributed by atoms with Crippen LogP contribution in [0.4, 0.5) is 5.82 Å². The third-order valence-electron chi connectivity index (χ3n) is 4.23. The van der Waals surface area contributed by atoms with Crippen LogP contribution in [0.1, 0.15) is 31.9 Å². The second-order valence-electron chi connectivity index (χ2n) is 6.26.